The number of hydrogen-bond acceptors (Lipinski definition) is 8. The molecule has 1 saturated heterocycles. The lowest BCUT2D eigenvalue weighted by Gasteiger charge is -2.26. The minimum atomic E-state index is -0.787. The molecular formula is C28H34N2O7. The maximum atomic E-state index is 13.3. The number of nitrogens with zero attached hydrogens (tertiary/aromatic N) is 2. The third-order valence-corrected chi connectivity index (χ3v) is 6.24. The number of hydrogen-bond donors (Lipinski definition) is 1. The molecule has 0 radical (unpaired) electrons. The topological polar surface area (TPSA) is 97.8 Å². The Labute approximate surface area is 217 Å². The Morgan fingerprint density at radius 1 is 1.00 bits per heavy atom. The van der Waals surface area contributed by atoms with Crippen molar-refractivity contribution in [1.82, 2.24) is 9.80 Å². The minimum absolute atomic E-state index is 0.0261. The zero-order valence-corrected chi connectivity index (χ0v) is 21.8. The molecule has 2 aliphatic heterocycles. The van der Waals surface area contributed by atoms with Gasteiger partial charge in [0.25, 0.3) is 11.7 Å². The van der Waals surface area contributed by atoms with E-state index in [9.17, 15) is 14.7 Å². The molecular weight excluding hydrogens is 476 g/mol. The summed E-state index contributed by atoms with van der Waals surface area (Å²) in [5, 5.41) is 11.4. The summed E-state index contributed by atoms with van der Waals surface area (Å²) in [6, 6.07) is 9.54. The van der Waals surface area contributed by atoms with Gasteiger partial charge in [-0.1, -0.05) is 6.07 Å². The van der Waals surface area contributed by atoms with Gasteiger partial charge in [-0.2, -0.15) is 0 Å². The second-order valence-corrected chi connectivity index (χ2v) is 9.08. The van der Waals surface area contributed by atoms with Crippen molar-refractivity contribution < 1.29 is 33.6 Å². The highest BCUT2D eigenvalue weighted by Crippen LogP contribution is 2.43. The summed E-state index contributed by atoms with van der Waals surface area (Å²) in [4.78, 5) is 30.1. The van der Waals surface area contributed by atoms with Gasteiger partial charge in [0.15, 0.2) is 23.0 Å². The average Bonchev–Trinajstić information content (AvgIpc) is 3.14. The molecule has 2 aliphatic rings. The zero-order chi connectivity index (χ0) is 26.5. The number of benzene rings is 2. The van der Waals surface area contributed by atoms with Gasteiger partial charge in [-0.25, -0.2) is 0 Å². The molecule has 2 aromatic carbocycles. The summed E-state index contributed by atoms with van der Waals surface area (Å²) < 4.78 is 22.7. The normalized spacial score (nSPS) is 18.4. The minimum Gasteiger partial charge on any atom is -0.507 e. The van der Waals surface area contributed by atoms with Gasteiger partial charge in [0, 0.05) is 12.1 Å². The van der Waals surface area contributed by atoms with Crippen LogP contribution in [0.25, 0.3) is 5.76 Å². The molecule has 0 aromatic heterocycles. The summed E-state index contributed by atoms with van der Waals surface area (Å²) in [6.07, 6.45) is 0.663. The fourth-order valence-electron chi connectivity index (χ4n) is 4.60. The second kappa shape index (κ2) is 11.6. The van der Waals surface area contributed by atoms with Gasteiger partial charge in [-0.15, -0.1) is 0 Å². The number of Topliss-reactive ketones (excluding diaryl/α,β-unsaturated/α-hetero) is 1. The van der Waals surface area contributed by atoms with Gasteiger partial charge >= 0.3 is 0 Å². The van der Waals surface area contributed by atoms with E-state index in [0.29, 0.717) is 73.5 Å². The van der Waals surface area contributed by atoms with Gasteiger partial charge in [0.2, 0.25) is 0 Å². The third-order valence-electron chi connectivity index (χ3n) is 6.24. The monoisotopic (exact) mass is 510 g/mol. The van der Waals surface area contributed by atoms with Crippen molar-refractivity contribution >= 4 is 17.4 Å². The standard InChI is InChI=1S/C28H34N2O7/c1-5-34-20-10-8-18(16-22(20)35-6-2)25-24(27(32)28(33)30(25)13-7-12-29(3)4)26(31)19-9-11-21-23(17-19)37-15-14-36-21/h8-11,16-17,25,31H,5-7,12-15H2,1-4H3/t25-/m0/s1. The fraction of sp³-hybridized carbons (Fsp3) is 0.429. The van der Waals surface area contributed by atoms with Crippen molar-refractivity contribution in [1.29, 1.82) is 0 Å². The van der Waals surface area contributed by atoms with Crippen molar-refractivity contribution in [3.8, 4) is 23.0 Å². The number of carbonyl (C=O) groups excluding carboxylic acids is 2. The highest BCUT2D eigenvalue weighted by Gasteiger charge is 2.46. The van der Waals surface area contributed by atoms with E-state index < -0.39 is 17.7 Å². The highest BCUT2D eigenvalue weighted by molar-refractivity contribution is 6.46. The Kier molecular flexibility index (Phi) is 8.23. The number of rotatable bonds is 10. The van der Waals surface area contributed by atoms with Gasteiger partial charge in [0.1, 0.15) is 19.0 Å². The number of ketones is 1. The first kappa shape index (κ1) is 26.3. The number of aliphatic hydroxyl groups excluding tert-OH is 1. The number of fused-ring (bicyclic) bond motifs is 1. The molecule has 4 rings (SSSR count). The van der Waals surface area contributed by atoms with Gasteiger partial charge in [0.05, 0.1) is 24.8 Å². The Hall–Kier alpha value is -3.72. The number of carbonyl (C=O) groups is 2. The molecule has 1 atom stereocenters. The largest absolute Gasteiger partial charge is 0.507 e. The summed E-state index contributed by atoms with van der Waals surface area (Å²) in [7, 11) is 3.91. The third kappa shape index (κ3) is 5.51. The first-order chi connectivity index (χ1) is 17.8. The van der Waals surface area contributed by atoms with Crippen LogP contribution in [0.5, 0.6) is 23.0 Å². The van der Waals surface area contributed by atoms with Crippen molar-refractivity contribution in [3.05, 3.63) is 53.1 Å². The smallest absolute Gasteiger partial charge is 0.295 e. The number of aliphatic hydroxyl groups is 1. The van der Waals surface area contributed by atoms with E-state index in [2.05, 4.69) is 0 Å². The van der Waals surface area contributed by atoms with E-state index in [-0.39, 0.29) is 11.3 Å². The first-order valence-electron chi connectivity index (χ1n) is 12.6. The van der Waals surface area contributed by atoms with Crippen LogP contribution in [0, 0.1) is 0 Å². The molecule has 1 fully saturated rings. The molecule has 1 amide bonds. The molecule has 0 saturated carbocycles. The Bertz CT molecular complexity index is 1190. The van der Waals surface area contributed by atoms with E-state index in [0.717, 1.165) is 6.54 Å². The number of amides is 1. The fourth-order valence-corrected chi connectivity index (χ4v) is 4.60. The Morgan fingerprint density at radius 3 is 2.41 bits per heavy atom. The van der Waals surface area contributed by atoms with Crippen molar-refractivity contribution in [2.75, 3.05) is 53.6 Å². The molecule has 0 aliphatic carbocycles. The molecule has 9 nitrogen and oxygen atoms in total. The quantitative estimate of drug-likeness (QED) is 0.294. The van der Waals surface area contributed by atoms with Crippen molar-refractivity contribution in [2.45, 2.75) is 26.3 Å². The van der Waals surface area contributed by atoms with E-state index >= 15 is 0 Å². The van der Waals surface area contributed by atoms with E-state index in [1.807, 2.05) is 32.8 Å². The highest BCUT2D eigenvalue weighted by atomic mass is 16.6. The molecule has 37 heavy (non-hydrogen) atoms. The zero-order valence-electron chi connectivity index (χ0n) is 21.8. The second-order valence-electron chi connectivity index (χ2n) is 9.08. The van der Waals surface area contributed by atoms with Crippen LogP contribution in [0.3, 0.4) is 0 Å². The summed E-state index contributed by atoms with van der Waals surface area (Å²) >= 11 is 0. The maximum absolute atomic E-state index is 13.3. The average molecular weight is 511 g/mol. The van der Waals surface area contributed by atoms with Crippen molar-refractivity contribution in [3.63, 3.8) is 0 Å². The van der Waals surface area contributed by atoms with Crippen LogP contribution in [-0.4, -0.2) is 80.2 Å². The lowest BCUT2D eigenvalue weighted by atomic mass is 9.94. The SMILES string of the molecule is CCOc1ccc([C@H]2C(=C(O)c3ccc4c(c3)OCCO4)C(=O)C(=O)N2CCCN(C)C)cc1OCC. The summed E-state index contributed by atoms with van der Waals surface area (Å²) in [5.41, 5.74) is 1.05. The first-order valence-corrected chi connectivity index (χ1v) is 12.6. The van der Waals surface area contributed by atoms with Crippen LogP contribution < -0.4 is 18.9 Å². The Morgan fingerprint density at radius 2 is 1.70 bits per heavy atom. The summed E-state index contributed by atoms with van der Waals surface area (Å²) in [6.45, 7) is 6.56. The van der Waals surface area contributed by atoms with Crippen LogP contribution >= 0.6 is 0 Å². The van der Waals surface area contributed by atoms with Crippen LogP contribution in [0.4, 0.5) is 0 Å². The van der Waals surface area contributed by atoms with Crippen LogP contribution in [0.15, 0.2) is 42.0 Å². The molecule has 2 aromatic rings. The molecule has 0 bridgehead atoms. The molecule has 1 N–H and O–H groups in total. The summed E-state index contributed by atoms with van der Waals surface area (Å²) in [5.74, 6) is 0.499. The predicted molar refractivity (Wildman–Crippen MR) is 138 cm³/mol. The lowest BCUT2D eigenvalue weighted by molar-refractivity contribution is -0.139. The number of ether oxygens (including phenoxy) is 4. The van der Waals surface area contributed by atoms with Crippen LogP contribution in [0.2, 0.25) is 0 Å². The molecule has 2 heterocycles. The van der Waals surface area contributed by atoms with E-state index in [1.54, 1.807) is 36.4 Å². The van der Waals surface area contributed by atoms with E-state index in [4.69, 9.17) is 18.9 Å². The molecule has 9 heteroatoms. The number of likely N-dealkylation sites (tertiary alicyclic amines) is 1. The molecule has 0 unspecified atom stereocenters. The molecule has 198 valence electrons. The van der Waals surface area contributed by atoms with Crippen LogP contribution in [-0.2, 0) is 9.59 Å². The Balaban J connectivity index is 1.82. The van der Waals surface area contributed by atoms with Crippen molar-refractivity contribution in [2.24, 2.45) is 0 Å². The lowest BCUT2D eigenvalue weighted by Crippen LogP contribution is -2.32. The van der Waals surface area contributed by atoms with Crippen LogP contribution in [0.1, 0.15) is 37.4 Å². The molecule has 0 spiro atoms. The van der Waals surface area contributed by atoms with Gasteiger partial charge < -0.3 is 33.9 Å². The van der Waals surface area contributed by atoms with Gasteiger partial charge in [-0.05, 0) is 76.8 Å². The maximum Gasteiger partial charge on any atom is 0.295 e. The van der Waals surface area contributed by atoms with Gasteiger partial charge in [-0.3, -0.25) is 9.59 Å². The van der Waals surface area contributed by atoms with E-state index in [1.165, 1.54) is 4.90 Å². The predicted octanol–water partition coefficient (Wildman–Crippen LogP) is 3.63.